The number of aromatic nitrogens is 1. The predicted molar refractivity (Wildman–Crippen MR) is 152 cm³/mol. The van der Waals surface area contributed by atoms with Crippen LogP contribution in [0, 0.1) is 5.82 Å². The van der Waals surface area contributed by atoms with E-state index >= 15 is 0 Å². The van der Waals surface area contributed by atoms with E-state index in [9.17, 15) is 40.1 Å². The molecule has 4 N–H and O–H groups in total. The average molecular weight is 682 g/mol. The summed E-state index contributed by atoms with van der Waals surface area (Å²) in [5.74, 6) is -4.14. The molecular weight excluding hydrogens is 653 g/mol. The maximum absolute atomic E-state index is 14.4. The molecule has 1 amide bonds. The van der Waals surface area contributed by atoms with E-state index < -0.39 is 69.0 Å². The number of amides is 1. The number of phosphoric ester groups is 1. The molecule has 44 heavy (non-hydrogen) atoms. The molecule has 0 radical (unpaired) electrons. The molecule has 0 aliphatic carbocycles. The van der Waals surface area contributed by atoms with Gasteiger partial charge in [0.05, 0.1) is 27.4 Å². The summed E-state index contributed by atoms with van der Waals surface area (Å²) in [6.07, 6.45) is -0.543. The summed E-state index contributed by atoms with van der Waals surface area (Å²) < 4.78 is 96.8. The van der Waals surface area contributed by atoms with Gasteiger partial charge in [-0.2, -0.15) is 13.2 Å². The van der Waals surface area contributed by atoms with E-state index in [1.165, 1.54) is 0 Å². The molecular formula is C26H28F4N3O8PS2. The fourth-order valence-corrected chi connectivity index (χ4v) is 6.29. The van der Waals surface area contributed by atoms with Crippen molar-refractivity contribution in [3.05, 3.63) is 75.0 Å². The number of phosphoric acid groups is 1. The Balaban J connectivity index is 1.77. The maximum atomic E-state index is 14.4. The van der Waals surface area contributed by atoms with Gasteiger partial charge in [-0.15, -0.1) is 11.3 Å². The minimum absolute atomic E-state index is 0.0274. The van der Waals surface area contributed by atoms with E-state index in [0.29, 0.717) is 43.4 Å². The van der Waals surface area contributed by atoms with Crippen molar-refractivity contribution in [3.63, 3.8) is 0 Å². The Labute approximate surface area is 254 Å². The van der Waals surface area contributed by atoms with Crippen molar-refractivity contribution in [3.8, 4) is 0 Å². The number of nitrogens with zero attached hydrogens (tertiary/aromatic N) is 1. The van der Waals surface area contributed by atoms with Crippen molar-refractivity contribution in [2.45, 2.75) is 56.5 Å². The van der Waals surface area contributed by atoms with Gasteiger partial charge in [-0.3, -0.25) is 14.6 Å². The highest BCUT2D eigenvalue weighted by atomic mass is 32.2. The first kappa shape index (κ1) is 35.3. The third-order valence-corrected chi connectivity index (χ3v) is 9.28. The van der Waals surface area contributed by atoms with Crippen molar-refractivity contribution in [2.24, 2.45) is 0 Å². The van der Waals surface area contributed by atoms with Gasteiger partial charge in [-0.1, -0.05) is 20.3 Å². The van der Waals surface area contributed by atoms with Gasteiger partial charge in [-0.05, 0) is 61.6 Å². The summed E-state index contributed by atoms with van der Waals surface area (Å²) >= 11 is 1.61. The number of unbranched alkanes of at least 4 members (excludes halogenated alkanes) is 2. The second kappa shape index (κ2) is 14.3. The quantitative estimate of drug-likeness (QED) is 0.102. The van der Waals surface area contributed by atoms with Crippen molar-refractivity contribution < 1.29 is 54.4 Å². The zero-order chi connectivity index (χ0) is 32.9. The lowest BCUT2D eigenvalue weighted by Crippen LogP contribution is -2.27. The van der Waals surface area contributed by atoms with Crippen LogP contribution in [-0.2, 0) is 31.7 Å². The van der Waals surface area contributed by atoms with Crippen molar-refractivity contribution in [1.29, 1.82) is 0 Å². The van der Waals surface area contributed by atoms with E-state index in [4.69, 9.17) is 9.79 Å². The zero-order valence-electron chi connectivity index (χ0n) is 23.2. The molecule has 3 rings (SSSR count). The Morgan fingerprint density at radius 3 is 2.39 bits per heavy atom. The molecule has 0 spiro atoms. The number of sulfonamides is 1. The van der Waals surface area contributed by atoms with Crippen LogP contribution < -0.4 is 10.0 Å². The van der Waals surface area contributed by atoms with Crippen LogP contribution in [0.2, 0.25) is 0 Å². The highest BCUT2D eigenvalue weighted by Gasteiger charge is 2.32. The Bertz CT molecular complexity index is 1670. The van der Waals surface area contributed by atoms with E-state index in [1.807, 2.05) is 11.5 Å². The Kier molecular flexibility index (Phi) is 11.4. The van der Waals surface area contributed by atoms with Crippen LogP contribution in [0.4, 0.5) is 23.2 Å². The van der Waals surface area contributed by atoms with Crippen LogP contribution in [0.1, 0.15) is 75.2 Å². The Morgan fingerprint density at radius 2 is 1.80 bits per heavy atom. The third-order valence-electron chi connectivity index (χ3n) is 6.00. The van der Waals surface area contributed by atoms with Gasteiger partial charge < -0.3 is 9.84 Å². The minimum Gasteiger partial charge on any atom is -0.367 e. The van der Waals surface area contributed by atoms with Crippen LogP contribution in [0.15, 0.2) is 47.5 Å². The zero-order valence-corrected chi connectivity index (χ0v) is 25.7. The van der Waals surface area contributed by atoms with Gasteiger partial charge in [0.25, 0.3) is 5.91 Å². The van der Waals surface area contributed by atoms with Crippen LogP contribution >= 0.6 is 19.2 Å². The summed E-state index contributed by atoms with van der Waals surface area (Å²) in [6.45, 7) is 4.10. The molecule has 18 heteroatoms. The molecule has 0 fully saturated rings. The first-order chi connectivity index (χ1) is 20.4. The molecule has 11 nitrogen and oxygen atoms in total. The van der Waals surface area contributed by atoms with Gasteiger partial charge >= 0.3 is 20.0 Å². The Hall–Kier alpha value is -3.21. The van der Waals surface area contributed by atoms with E-state index in [0.717, 1.165) is 28.4 Å². The van der Waals surface area contributed by atoms with Crippen LogP contribution in [0.3, 0.4) is 0 Å². The standard InChI is InChI=1S/C26H28F4N3O8PS2/c1-15(2)21-14-31-23(43-21)6-4-3-5-11-32-44(39,40)22-10-7-16(25(35)41-42(36,37)38)12-20(22)33-24(34)18-9-8-17(13-19(18)27)26(28,29)30/h7-10,12-15,32H,3-6,11H2,1-2H3,(H,33,34)(H2,36,37,38). The molecule has 0 unspecified atom stereocenters. The number of carbonyl (C=O) groups is 2. The smallest absolute Gasteiger partial charge is 0.367 e. The molecule has 2 aromatic carbocycles. The Morgan fingerprint density at radius 1 is 1.09 bits per heavy atom. The number of alkyl halides is 3. The molecule has 3 aromatic rings. The van der Waals surface area contributed by atoms with Crippen molar-refractivity contribution in [1.82, 2.24) is 9.71 Å². The minimum atomic E-state index is -5.31. The molecule has 1 aromatic heterocycles. The normalized spacial score (nSPS) is 12.4. The molecule has 0 aliphatic heterocycles. The number of carbonyl (C=O) groups excluding carboxylic acids is 2. The van der Waals surface area contributed by atoms with Crippen LogP contribution in [0.5, 0.6) is 0 Å². The van der Waals surface area contributed by atoms with Crippen molar-refractivity contribution in [2.75, 3.05) is 11.9 Å². The van der Waals surface area contributed by atoms with E-state index in [1.54, 1.807) is 11.3 Å². The molecule has 0 atom stereocenters. The number of benzene rings is 2. The van der Waals surface area contributed by atoms with Gasteiger partial charge in [0.15, 0.2) is 0 Å². The number of anilines is 1. The summed E-state index contributed by atoms with van der Waals surface area (Å²) in [7, 11) is -9.71. The number of aryl methyl sites for hydroxylation is 1. The topological polar surface area (TPSA) is 172 Å². The summed E-state index contributed by atoms with van der Waals surface area (Å²) in [5, 5.41) is 3.01. The fourth-order valence-electron chi connectivity index (χ4n) is 3.78. The van der Waals surface area contributed by atoms with E-state index in [-0.39, 0.29) is 12.6 Å². The van der Waals surface area contributed by atoms with Gasteiger partial charge in [0.1, 0.15) is 10.7 Å². The third kappa shape index (κ3) is 9.90. The second-order valence-electron chi connectivity index (χ2n) is 9.75. The fraction of sp³-hybridized carbons (Fsp3) is 0.346. The molecule has 1 heterocycles. The molecule has 0 bridgehead atoms. The lowest BCUT2D eigenvalue weighted by atomic mass is 10.1. The molecule has 0 saturated carbocycles. The number of hydrogen-bond donors (Lipinski definition) is 4. The molecule has 240 valence electrons. The van der Waals surface area contributed by atoms with Crippen LogP contribution in [0.25, 0.3) is 0 Å². The van der Waals surface area contributed by atoms with Crippen molar-refractivity contribution >= 4 is 46.7 Å². The molecule has 0 saturated heterocycles. The highest BCUT2D eigenvalue weighted by molar-refractivity contribution is 7.89. The van der Waals surface area contributed by atoms with Gasteiger partial charge in [0, 0.05) is 17.6 Å². The monoisotopic (exact) mass is 681 g/mol. The number of rotatable bonds is 13. The summed E-state index contributed by atoms with van der Waals surface area (Å²) in [5.41, 5.74) is -3.48. The maximum Gasteiger partial charge on any atom is 0.527 e. The summed E-state index contributed by atoms with van der Waals surface area (Å²) in [4.78, 5) is 47.7. The SMILES string of the molecule is CC(C)c1cnc(CCCCCNS(=O)(=O)c2ccc(C(=O)OP(=O)(O)O)cc2NC(=O)c2ccc(C(F)(F)F)cc2F)s1. The van der Waals surface area contributed by atoms with Crippen LogP contribution in [-0.4, -0.2) is 41.6 Å². The molecule has 0 aliphatic rings. The predicted octanol–water partition coefficient (Wildman–Crippen LogP) is 5.62. The first-order valence-electron chi connectivity index (χ1n) is 12.9. The lowest BCUT2D eigenvalue weighted by molar-refractivity contribution is -0.137. The number of halogens is 4. The first-order valence-corrected chi connectivity index (χ1v) is 16.8. The lowest BCUT2D eigenvalue weighted by Gasteiger charge is -2.15. The highest BCUT2D eigenvalue weighted by Crippen LogP contribution is 2.37. The number of hydrogen-bond acceptors (Lipinski definition) is 8. The van der Waals surface area contributed by atoms with Gasteiger partial charge in [0.2, 0.25) is 10.0 Å². The second-order valence-corrected chi connectivity index (χ2v) is 13.8. The van der Waals surface area contributed by atoms with Gasteiger partial charge in [-0.25, -0.2) is 31.9 Å². The number of thiazole rings is 1. The summed E-state index contributed by atoms with van der Waals surface area (Å²) in [6, 6.07) is 3.49. The largest absolute Gasteiger partial charge is 0.527 e. The van der Waals surface area contributed by atoms with E-state index in [2.05, 4.69) is 28.1 Å². The average Bonchev–Trinajstić information content (AvgIpc) is 3.38. The number of nitrogens with one attached hydrogen (secondary N) is 2.